The summed E-state index contributed by atoms with van der Waals surface area (Å²) < 4.78 is 5.46. The molecular formula is C18H25N3O2S. The molecule has 24 heavy (non-hydrogen) atoms. The lowest BCUT2D eigenvalue weighted by Crippen LogP contribution is -2.36. The van der Waals surface area contributed by atoms with Crippen LogP contribution in [0.3, 0.4) is 0 Å². The molecule has 0 aliphatic rings. The molecule has 0 atom stereocenters. The van der Waals surface area contributed by atoms with E-state index in [4.69, 9.17) is 4.74 Å². The van der Waals surface area contributed by atoms with Gasteiger partial charge in [-0.1, -0.05) is 24.7 Å². The maximum atomic E-state index is 12.5. The molecule has 1 aromatic heterocycles. The molecule has 1 heterocycles. The second-order valence-corrected chi connectivity index (χ2v) is 6.76. The summed E-state index contributed by atoms with van der Waals surface area (Å²) >= 11 is 1.45. The van der Waals surface area contributed by atoms with Gasteiger partial charge in [-0.25, -0.2) is 0 Å². The van der Waals surface area contributed by atoms with Gasteiger partial charge in [0.1, 0.15) is 10.8 Å². The summed E-state index contributed by atoms with van der Waals surface area (Å²) in [5, 5.41) is 9.98. The molecule has 0 aliphatic heterocycles. The van der Waals surface area contributed by atoms with Crippen LogP contribution in [0.5, 0.6) is 5.75 Å². The zero-order valence-corrected chi connectivity index (χ0v) is 15.6. The molecule has 0 unspecified atom stereocenters. The van der Waals surface area contributed by atoms with Gasteiger partial charge in [-0.3, -0.25) is 9.69 Å². The van der Waals surface area contributed by atoms with Gasteiger partial charge in [0.25, 0.3) is 0 Å². The first-order valence-electron chi connectivity index (χ1n) is 8.45. The Hall–Kier alpha value is -1.95. The summed E-state index contributed by atoms with van der Waals surface area (Å²) in [6, 6.07) is 7.84. The summed E-state index contributed by atoms with van der Waals surface area (Å²) in [5.74, 6) is 0.950. The van der Waals surface area contributed by atoms with Crippen molar-refractivity contribution in [1.82, 2.24) is 10.2 Å². The Morgan fingerprint density at radius 1 is 1.21 bits per heavy atom. The fourth-order valence-corrected chi connectivity index (χ4v) is 3.36. The van der Waals surface area contributed by atoms with E-state index in [2.05, 4.69) is 17.1 Å². The molecule has 0 spiro atoms. The van der Waals surface area contributed by atoms with Gasteiger partial charge in [0, 0.05) is 18.0 Å². The Morgan fingerprint density at radius 3 is 2.50 bits per heavy atom. The van der Waals surface area contributed by atoms with E-state index in [1.54, 1.807) is 4.90 Å². The minimum absolute atomic E-state index is 0.0653. The van der Waals surface area contributed by atoms with E-state index in [-0.39, 0.29) is 11.9 Å². The van der Waals surface area contributed by atoms with Crippen LogP contribution in [0.1, 0.15) is 47.0 Å². The first kappa shape index (κ1) is 18.4. The molecule has 0 bridgehead atoms. The average molecular weight is 347 g/mol. The largest absolute Gasteiger partial charge is 0.494 e. The highest BCUT2D eigenvalue weighted by molar-refractivity contribution is 7.18. The van der Waals surface area contributed by atoms with Gasteiger partial charge in [0.15, 0.2) is 0 Å². The zero-order valence-electron chi connectivity index (χ0n) is 14.8. The molecule has 1 amide bonds. The van der Waals surface area contributed by atoms with Crippen LogP contribution >= 0.6 is 11.3 Å². The van der Waals surface area contributed by atoms with Gasteiger partial charge in [-0.2, -0.15) is 0 Å². The molecule has 5 nitrogen and oxygen atoms in total. The van der Waals surface area contributed by atoms with E-state index in [1.165, 1.54) is 11.3 Å². The molecule has 1 aromatic carbocycles. The van der Waals surface area contributed by atoms with E-state index in [9.17, 15) is 4.79 Å². The first-order chi connectivity index (χ1) is 11.6. The number of benzene rings is 1. The molecule has 6 heteroatoms. The lowest BCUT2D eigenvalue weighted by molar-refractivity contribution is -0.119. The van der Waals surface area contributed by atoms with Crippen LogP contribution in [-0.2, 0) is 4.79 Å². The van der Waals surface area contributed by atoms with Crippen LogP contribution in [0.15, 0.2) is 24.3 Å². The number of hydrogen-bond donors (Lipinski definition) is 0. The number of anilines is 1. The van der Waals surface area contributed by atoms with Gasteiger partial charge in [-0.05, 0) is 51.5 Å². The Labute approximate surface area is 147 Å². The van der Waals surface area contributed by atoms with Crippen molar-refractivity contribution < 1.29 is 9.53 Å². The predicted octanol–water partition coefficient (Wildman–Crippen LogP) is 4.54. The van der Waals surface area contributed by atoms with Crippen molar-refractivity contribution in [2.24, 2.45) is 0 Å². The first-order valence-corrected chi connectivity index (χ1v) is 9.27. The standard InChI is InChI=1S/C18H25N3O2S/c1-5-7-8-16(22)21(13(3)4)18-20-19-17(24-18)14-9-11-15(12-10-14)23-6-2/h9-13H,5-8H2,1-4H3. The van der Waals surface area contributed by atoms with Crippen molar-refractivity contribution >= 4 is 22.4 Å². The molecule has 0 aliphatic carbocycles. The SMILES string of the molecule is CCCCC(=O)N(c1nnc(-c2ccc(OCC)cc2)s1)C(C)C. The number of unbranched alkanes of at least 4 members (excludes halogenated alkanes) is 1. The maximum absolute atomic E-state index is 12.5. The number of nitrogens with zero attached hydrogens (tertiary/aromatic N) is 3. The Bertz CT molecular complexity index is 653. The van der Waals surface area contributed by atoms with Crippen molar-refractivity contribution in [3.05, 3.63) is 24.3 Å². The van der Waals surface area contributed by atoms with E-state index in [1.807, 2.05) is 45.0 Å². The molecule has 0 N–H and O–H groups in total. The predicted molar refractivity (Wildman–Crippen MR) is 98.7 cm³/mol. The summed E-state index contributed by atoms with van der Waals surface area (Å²) in [6.07, 6.45) is 2.45. The summed E-state index contributed by atoms with van der Waals surface area (Å²) in [4.78, 5) is 14.2. The third-order valence-electron chi connectivity index (χ3n) is 3.56. The smallest absolute Gasteiger partial charge is 0.229 e. The van der Waals surface area contributed by atoms with Gasteiger partial charge < -0.3 is 4.74 Å². The van der Waals surface area contributed by atoms with Crippen molar-refractivity contribution in [3.63, 3.8) is 0 Å². The van der Waals surface area contributed by atoms with E-state index in [0.717, 1.165) is 29.2 Å². The fraction of sp³-hybridized carbons (Fsp3) is 0.500. The third kappa shape index (κ3) is 4.54. The van der Waals surface area contributed by atoms with Crippen molar-refractivity contribution in [2.75, 3.05) is 11.5 Å². The second-order valence-electron chi connectivity index (χ2n) is 5.81. The Kier molecular flexibility index (Phi) is 6.73. The zero-order chi connectivity index (χ0) is 17.5. The number of hydrogen-bond acceptors (Lipinski definition) is 5. The monoisotopic (exact) mass is 347 g/mol. The quantitative estimate of drug-likeness (QED) is 0.704. The summed E-state index contributed by atoms with van der Waals surface area (Å²) in [6.45, 7) is 8.69. The number of amides is 1. The van der Waals surface area contributed by atoms with Crippen molar-refractivity contribution in [2.45, 2.75) is 53.0 Å². The fourth-order valence-electron chi connectivity index (χ4n) is 2.35. The Balaban J connectivity index is 2.19. The number of rotatable bonds is 8. The highest BCUT2D eigenvalue weighted by Crippen LogP contribution is 2.31. The average Bonchev–Trinajstić information content (AvgIpc) is 3.03. The van der Waals surface area contributed by atoms with E-state index < -0.39 is 0 Å². The summed E-state index contributed by atoms with van der Waals surface area (Å²) in [7, 11) is 0. The molecule has 0 fully saturated rings. The lowest BCUT2D eigenvalue weighted by Gasteiger charge is -2.23. The molecule has 130 valence electrons. The molecule has 2 rings (SSSR count). The van der Waals surface area contributed by atoms with Gasteiger partial charge in [0.05, 0.1) is 6.61 Å². The molecule has 0 radical (unpaired) electrons. The molecule has 2 aromatic rings. The van der Waals surface area contributed by atoms with Gasteiger partial charge in [-0.15, -0.1) is 10.2 Å². The second kappa shape index (κ2) is 8.78. The number of aromatic nitrogens is 2. The van der Waals surface area contributed by atoms with Gasteiger partial charge in [0.2, 0.25) is 11.0 Å². The van der Waals surface area contributed by atoms with Crippen LogP contribution < -0.4 is 9.64 Å². The number of ether oxygens (including phenoxy) is 1. The van der Waals surface area contributed by atoms with Crippen LogP contribution in [0, 0.1) is 0 Å². The van der Waals surface area contributed by atoms with Crippen LogP contribution in [0.4, 0.5) is 5.13 Å². The summed E-state index contributed by atoms with van der Waals surface area (Å²) in [5.41, 5.74) is 0.979. The van der Waals surface area contributed by atoms with Crippen LogP contribution in [0.25, 0.3) is 10.6 Å². The maximum Gasteiger partial charge on any atom is 0.229 e. The van der Waals surface area contributed by atoms with Gasteiger partial charge >= 0.3 is 0 Å². The van der Waals surface area contributed by atoms with E-state index >= 15 is 0 Å². The molecular weight excluding hydrogens is 322 g/mol. The number of carbonyl (C=O) groups is 1. The van der Waals surface area contributed by atoms with Crippen molar-refractivity contribution in [1.29, 1.82) is 0 Å². The highest BCUT2D eigenvalue weighted by Gasteiger charge is 2.22. The minimum Gasteiger partial charge on any atom is -0.494 e. The minimum atomic E-state index is 0.0653. The topological polar surface area (TPSA) is 55.3 Å². The Morgan fingerprint density at radius 2 is 1.92 bits per heavy atom. The third-order valence-corrected chi connectivity index (χ3v) is 4.53. The normalized spacial score (nSPS) is 10.9. The molecule has 0 saturated carbocycles. The van der Waals surface area contributed by atoms with Crippen LogP contribution in [0.2, 0.25) is 0 Å². The number of carbonyl (C=O) groups excluding carboxylic acids is 1. The van der Waals surface area contributed by atoms with E-state index in [0.29, 0.717) is 18.2 Å². The lowest BCUT2D eigenvalue weighted by atomic mass is 10.2. The highest BCUT2D eigenvalue weighted by atomic mass is 32.1. The van der Waals surface area contributed by atoms with Crippen molar-refractivity contribution in [3.8, 4) is 16.3 Å². The molecule has 0 saturated heterocycles. The van der Waals surface area contributed by atoms with Crippen LogP contribution in [-0.4, -0.2) is 28.8 Å².